The van der Waals surface area contributed by atoms with Gasteiger partial charge in [-0.2, -0.15) is 5.10 Å². The van der Waals surface area contributed by atoms with E-state index >= 15 is 0 Å². The van der Waals surface area contributed by atoms with Crippen molar-refractivity contribution in [2.45, 2.75) is 19.8 Å². The molecule has 0 aliphatic carbocycles. The van der Waals surface area contributed by atoms with Gasteiger partial charge in [-0.25, -0.2) is 9.31 Å². The number of esters is 1. The van der Waals surface area contributed by atoms with Crippen molar-refractivity contribution in [3.8, 4) is 0 Å². The Hall–Kier alpha value is -1.84. The molecule has 2 aromatic heterocycles. The van der Waals surface area contributed by atoms with E-state index in [2.05, 4.69) is 18.9 Å². The van der Waals surface area contributed by atoms with Crippen LogP contribution in [0.3, 0.4) is 0 Å². The largest absolute Gasteiger partial charge is 0.464 e. The number of methoxy groups -OCH3 is 1. The Labute approximate surface area is 93.8 Å². The summed E-state index contributed by atoms with van der Waals surface area (Å²) in [4.78, 5) is 11.5. The minimum absolute atomic E-state index is 0.338. The number of fused-ring (bicyclic) bond motifs is 1. The highest BCUT2D eigenvalue weighted by Crippen LogP contribution is 2.16. The molecule has 0 saturated heterocycles. The van der Waals surface area contributed by atoms with Gasteiger partial charge in [-0.3, -0.25) is 0 Å². The van der Waals surface area contributed by atoms with Crippen LogP contribution in [0.1, 0.15) is 35.9 Å². The van der Waals surface area contributed by atoms with Crippen molar-refractivity contribution < 1.29 is 9.53 Å². The quantitative estimate of drug-likeness (QED) is 0.726. The third-order valence-corrected chi connectivity index (χ3v) is 2.49. The Morgan fingerprint density at radius 3 is 2.81 bits per heavy atom. The van der Waals surface area contributed by atoms with Gasteiger partial charge in [0.15, 0.2) is 5.69 Å². The Morgan fingerprint density at radius 2 is 2.19 bits per heavy atom. The van der Waals surface area contributed by atoms with E-state index in [1.807, 2.05) is 18.2 Å². The van der Waals surface area contributed by atoms with E-state index in [9.17, 15) is 4.79 Å². The molecular formula is C12H14N2O2. The number of carbonyl (C=O) groups is 1. The smallest absolute Gasteiger partial charge is 0.356 e. The molecule has 0 aromatic carbocycles. The molecule has 2 aromatic rings. The summed E-state index contributed by atoms with van der Waals surface area (Å²) in [6.07, 6.45) is 0. The van der Waals surface area contributed by atoms with E-state index < -0.39 is 0 Å². The standard InChI is InChI=1S/C12H14N2O2/c1-8(2)10-7-9-5-4-6-11(12(15)16-3)14(9)13-10/h4-8H,1-3H3. The first-order chi connectivity index (χ1) is 7.63. The lowest BCUT2D eigenvalue weighted by Crippen LogP contribution is -2.08. The minimum atomic E-state index is -0.371. The predicted octanol–water partition coefficient (Wildman–Crippen LogP) is 2.24. The average molecular weight is 218 g/mol. The highest BCUT2D eigenvalue weighted by Gasteiger charge is 2.13. The van der Waals surface area contributed by atoms with Gasteiger partial charge in [-0.15, -0.1) is 0 Å². The van der Waals surface area contributed by atoms with Crippen LogP contribution in [0.4, 0.5) is 0 Å². The summed E-state index contributed by atoms with van der Waals surface area (Å²) in [6.45, 7) is 4.14. The number of rotatable bonds is 2. The Morgan fingerprint density at radius 1 is 1.44 bits per heavy atom. The normalized spacial score (nSPS) is 11.0. The van der Waals surface area contributed by atoms with Gasteiger partial charge < -0.3 is 4.74 Å². The van der Waals surface area contributed by atoms with Gasteiger partial charge in [0.2, 0.25) is 0 Å². The maximum absolute atomic E-state index is 11.5. The van der Waals surface area contributed by atoms with Gasteiger partial charge >= 0.3 is 5.97 Å². The van der Waals surface area contributed by atoms with Crippen molar-refractivity contribution >= 4 is 11.5 Å². The van der Waals surface area contributed by atoms with Gasteiger partial charge in [0, 0.05) is 0 Å². The van der Waals surface area contributed by atoms with Crippen LogP contribution in [0.25, 0.3) is 5.52 Å². The molecule has 0 fully saturated rings. The molecule has 84 valence electrons. The minimum Gasteiger partial charge on any atom is -0.464 e. The first-order valence-corrected chi connectivity index (χ1v) is 5.20. The Balaban J connectivity index is 2.63. The van der Waals surface area contributed by atoms with Gasteiger partial charge in [0.05, 0.1) is 18.3 Å². The summed E-state index contributed by atoms with van der Waals surface area (Å²) >= 11 is 0. The molecule has 0 N–H and O–H groups in total. The summed E-state index contributed by atoms with van der Waals surface area (Å²) < 4.78 is 6.34. The zero-order chi connectivity index (χ0) is 11.7. The number of carbonyl (C=O) groups excluding carboxylic acids is 1. The van der Waals surface area contributed by atoms with E-state index in [0.717, 1.165) is 11.2 Å². The van der Waals surface area contributed by atoms with Crippen molar-refractivity contribution in [3.05, 3.63) is 35.7 Å². The van der Waals surface area contributed by atoms with Gasteiger partial charge in [0.25, 0.3) is 0 Å². The zero-order valence-electron chi connectivity index (χ0n) is 9.60. The van der Waals surface area contributed by atoms with Crippen LogP contribution in [0.15, 0.2) is 24.3 Å². The molecule has 0 bridgehead atoms. The van der Waals surface area contributed by atoms with Crippen LogP contribution < -0.4 is 0 Å². The molecular weight excluding hydrogens is 204 g/mol. The lowest BCUT2D eigenvalue weighted by Gasteiger charge is -2.02. The van der Waals surface area contributed by atoms with Crippen molar-refractivity contribution in [2.75, 3.05) is 7.11 Å². The first kappa shape index (κ1) is 10.7. The molecule has 2 rings (SSSR count). The number of hydrogen-bond donors (Lipinski definition) is 0. The van der Waals surface area contributed by atoms with Gasteiger partial charge in [-0.1, -0.05) is 19.9 Å². The third kappa shape index (κ3) is 1.66. The molecule has 16 heavy (non-hydrogen) atoms. The summed E-state index contributed by atoms with van der Waals surface area (Å²) in [6, 6.07) is 7.44. The van der Waals surface area contributed by atoms with Crippen LogP contribution in [0.2, 0.25) is 0 Å². The Bertz CT molecular complexity index is 529. The molecule has 0 aliphatic rings. The zero-order valence-corrected chi connectivity index (χ0v) is 9.60. The Kier molecular flexibility index (Phi) is 2.64. The molecule has 2 heterocycles. The van der Waals surface area contributed by atoms with Crippen molar-refractivity contribution in [2.24, 2.45) is 0 Å². The van der Waals surface area contributed by atoms with E-state index in [4.69, 9.17) is 4.74 Å². The number of nitrogens with zero attached hydrogens (tertiary/aromatic N) is 2. The third-order valence-electron chi connectivity index (χ3n) is 2.49. The SMILES string of the molecule is COC(=O)c1cccc2cc(C(C)C)nn12. The number of pyridine rings is 1. The van der Waals surface area contributed by atoms with Crippen LogP contribution in [-0.2, 0) is 4.74 Å². The molecule has 0 spiro atoms. The first-order valence-electron chi connectivity index (χ1n) is 5.20. The van der Waals surface area contributed by atoms with Crippen LogP contribution in [0.5, 0.6) is 0 Å². The molecule has 4 heteroatoms. The van der Waals surface area contributed by atoms with Crippen LogP contribution in [-0.4, -0.2) is 22.7 Å². The lowest BCUT2D eigenvalue weighted by atomic mass is 10.1. The van der Waals surface area contributed by atoms with Gasteiger partial charge in [-0.05, 0) is 24.1 Å². The molecule has 0 radical (unpaired) electrons. The van der Waals surface area contributed by atoms with E-state index in [-0.39, 0.29) is 5.97 Å². The maximum atomic E-state index is 11.5. The molecule has 0 saturated carbocycles. The van der Waals surface area contributed by atoms with Crippen molar-refractivity contribution in [1.82, 2.24) is 9.61 Å². The number of ether oxygens (including phenoxy) is 1. The summed E-state index contributed by atoms with van der Waals surface area (Å²) in [5.74, 6) is -0.0330. The lowest BCUT2D eigenvalue weighted by molar-refractivity contribution is 0.0591. The maximum Gasteiger partial charge on any atom is 0.356 e. The average Bonchev–Trinajstić information content (AvgIpc) is 2.71. The second-order valence-corrected chi connectivity index (χ2v) is 3.96. The fourth-order valence-electron chi connectivity index (χ4n) is 1.58. The van der Waals surface area contributed by atoms with Crippen molar-refractivity contribution in [3.63, 3.8) is 0 Å². The highest BCUT2D eigenvalue weighted by atomic mass is 16.5. The van der Waals surface area contributed by atoms with E-state index in [1.54, 1.807) is 10.6 Å². The number of aromatic nitrogens is 2. The molecule has 0 amide bonds. The van der Waals surface area contributed by atoms with Crippen LogP contribution in [0, 0.1) is 0 Å². The van der Waals surface area contributed by atoms with E-state index in [1.165, 1.54) is 7.11 Å². The second-order valence-electron chi connectivity index (χ2n) is 3.96. The fraction of sp³-hybridized carbons (Fsp3) is 0.333. The van der Waals surface area contributed by atoms with Crippen molar-refractivity contribution in [1.29, 1.82) is 0 Å². The molecule has 0 unspecified atom stereocenters. The second kappa shape index (κ2) is 3.96. The fourth-order valence-corrected chi connectivity index (χ4v) is 1.58. The van der Waals surface area contributed by atoms with Crippen LogP contribution >= 0.6 is 0 Å². The van der Waals surface area contributed by atoms with E-state index in [0.29, 0.717) is 11.6 Å². The van der Waals surface area contributed by atoms with Gasteiger partial charge in [0.1, 0.15) is 0 Å². The molecule has 0 atom stereocenters. The summed E-state index contributed by atoms with van der Waals surface area (Å²) in [5.41, 5.74) is 2.33. The molecule has 0 aliphatic heterocycles. The highest BCUT2D eigenvalue weighted by molar-refractivity contribution is 5.88. The summed E-state index contributed by atoms with van der Waals surface area (Å²) in [7, 11) is 1.37. The summed E-state index contributed by atoms with van der Waals surface area (Å²) in [5, 5.41) is 4.40. The topological polar surface area (TPSA) is 43.6 Å². The monoisotopic (exact) mass is 218 g/mol. The molecule has 4 nitrogen and oxygen atoms in total. The number of hydrogen-bond acceptors (Lipinski definition) is 3. The predicted molar refractivity (Wildman–Crippen MR) is 60.6 cm³/mol.